The summed E-state index contributed by atoms with van der Waals surface area (Å²) >= 11 is 0. The van der Waals surface area contributed by atoms with E-state index in [2.05, 4.69) is 45.6 Å². The van der Waals surface area contributed by atoms with Crippen molar-refractivity contribution >= 4 is 11.7 Å². The van der Waals surface area contributed by atoms with Crippen LogP contribution >= 0.6 is 0 Å². The van der Waals surface area contributed by atoms with E-state index in [4.69, 9.17) is 4.74 Å². The minimum absolute atomic E-state index is 0.0845. The molecule has 2 amide bonds. The second-order valence-corrected chi connectivity index (χ2v) is 7.74. The Labute approximate surface area is 163 Å². The number of morpholine rings is 1. The van der Waals surface area contributed by atoms with Gasteiger partial charge in [-0.25, -0.2) is 4.79 Å². The molecule has 0 saturated carbocycles. The number of benzene rings is 1. The van der Waals surface area contributed by atoms with Crippen LogP contribution in [0.3, 0.4) is 0 Å². The van der Waals surface area contributed by atoms with Gasteiger partial charge in [-0.15, -0.1) is 0 Å². The summed E-state index contributed by atoms with van der Waals surface area (Å²) in [5.41, 5.74) is 2.34. The number of carbonyl (C=O) groups is 1. The molecule has 2 aliphatic rings. The molecule has 27 heavy (non-hydrogen) atoms. The van der Waals surface area contributed by atoms with Crippen LogP contribution in [0, 0.1) is 5.92 Å². The van der Waals surface area contributed by atoms with Crippen molar-refractivity contribution < 1.29 is 9.53 Å². The van der Waals surface area contributed by atoms with Gasteiger partial charge in [0.25, 0.3) is 0 Å². The van der Waals surface area contributed by atoms with Gasteiger partial charge >= 0.3 is 6.03 Å². The van der Waals surface area contributed by atoms with Crippen LogP contribution in [0.15, 0.2) is 24.3 Å². The van der Waals surface area contributed by atoms with Gasteiger partial charge in [0.1, 0.15) is 0 Å². The largest absolute Gasteiger partial charge is 0.378 e. The number of hydrogen-bond acceptors (Lipinski definition) is 4. The van der Waals surface area contributed by atoms with Crippen LogP contribution in [0.5, 0.6) is 0 Å². The molecule has 2 N–H and O–H groups in total. The molecule has 0 bridgehead atoms. The first-order chi connectivity index (χ1) is 13.2. The van der Waals surface area contributed by atoms with E-state index in [1.54, 1.807) is 0 Å². The first kappa shape index (κ1) is 20.0. The smallest absolute Gasteiger partial charge is 0.315 e. The third-order valence-electron chi connectivity index (χ3n) is 5.46. The molecule has 2 fully saturated rings. The number of ether oxygens (including phenoxy) is 1. The Hall–Kier alpha value is -1.79. The molecule has 1 aromatic carbocycles. The molecule has 1 unspecified atom stereocenters. The van der Waals surface area contributed by atoms with Crippen LogP contribution in [-0.2, 0) is 11.3 Å². The van der Waals surface area contributed by atoms with Crippen molar-refractivity contribution in [1.82, 2.24) is 15.5 Å². The van der Waals surface area contributed by atoms with E-state index in [-0.39, 0.29) is 6.03 Å². The third kappa shape index (κ3) is 6.40. The molecule has 2 heterocycles. The number of hydrogen-bond donors (Lipinski definition) is 2. The van der Waals surface area contributed by atoms with E-state index in [1.807, 2.05) is 6.07 Å². The predicted octanol–water partition coefficient (Wildman–Crippen LogP) is 2.44. The van der Waals surface area contributed by atoms with Crippen molar-refractivity contribution in [3.05, 3.63) is 29.8 Å². The van der Waals surface area contributed by atoms with Gasteiger partial charge in [-0.2, -0.15) is 0 Å². The number of para-hydroxylation sites is 1. The highest BCUT2D eigenvalue weighted by atomic mass is 16.5. The summed E-state index contributed by atoms with van der Waals surface area (Å²) in [4.78, 5) is 17.0. The van der Waals surface area contributed by atoms with Crippen LogP contribution in [0.1, 0.15) is 31.7 Å². The van der Waals surface area contributed by atoms with Crippen LogP contribution in [-0.4, -0.2) is 63.4 Å². The van der Waals surface area contributed by atoms with Crippen molar-refractivity contribution in [3.63, 3.8) is 0 Å². The summed E-state index contributed by atoms with van der Waals surface area (Å²) in [6, 6.07) is 8.20. The second-order valence-electron chi connectivity index (χ2n) is 7.74. The molecular formula is C21H34N4O2. The number of urea groups is 1. The first-order valence-electron chi connectivity index (χ1n) is 10.4. The zero-order chi connectivity index (χ0) is 18.9. The summed E-state index contributed by atoms with van der Waals surface area (Å²) in [5.74, 6) is 0.807. The van der Waals surface area contributed by atoms with Crippen LogP contribution in [0.4, 0.5) is 10.5 Å². The van der Waals surface area contributed by atoms with E-state index in [0.29, 0.717) is 6.54 Å². The zero-order valence-electron chi connectivity index (χ0n) is 16.6. The van der Waals surface area contributed by atoms with E-state index >= 15 is 0 Å². The third-order valence-corrected chi connectivity index (χ3v) is 5.46. The van der Waals surface area contributed by atoms with E-state index < -0.39 is 0 Å². The van der Waals surface area contributed by atoms with Crippen LogP contribution in [0.25, 0.3) is 0 Å². The molecule has 0 aromatic heterocycles. The quantitative estimate of drug-likeness (QED) is 0.720. The first-order valence-corrected chi connectivity index (χ1v) is 10.4. The van der Waals surface area contributed by atoms with Crippen molar-refractivity contribution in [2.24, 2.45) is 5.92 Å². The monoisotopic (exact) mass is 374 g/mol. The van der Waals surface area contributed by atoms with Gasteiger partial charge in [-0.05, 0) is 49.9 Å². The topological polar surface area (TPSA) is 56.8 Å². The summed E-state index contributed by atoms with van der Waals surface area (Å²) in [7, 11) is 0. The fourth-order valence-corrected chi connectivity index (χ4v) is 4.01. The molecule has 150 valence electrons. The highest BCUT2D eigenvalue weighted by Crippen LogP contribution is 2.21. The van der Waals surface area contributed by atoms with Crippen molar-refractivity contribution in [1.29, 1.82) is 0 Å². The Bertz CT molecular complexity index is 589. The van der Waals surface area contributed by atoms with Gasteiger partial charge in [0.2, 0.25) is 0 Å². The Balaban J connectivity index is 1.36. The number of nitrogens with one attached hydrogen (secondary N) is 2. The summed E-state index contributed by atoms with van der Waals surface area (Å²) in [5, 5.41) is 5.99. The minimum Gasteiger partial charge on any atom is -0.378 e. The van der Waals surface area contributed by atoms with Crippen molar-refractivity contribution in [2.75, 3.05) is 57.4 Å². The van der Waals surface area contributed by atoms with Gasteiger partial charge in [0, 0.05) is 38.4 Å². The standard InChI is InChI=1S/C21H34N4O2/c1-18-6-4-10-24(17-18)11-5-9-22-21(26)23-16-19-7-2-3-8-20(19)25-12-14-27-15-13-25/h2-3,7-8,18H,4-6,9-17H2,1H3,(H2,22,23,26). The lowest BCUT2D eigenvalue weighted by Crippen LogP contribution is -2.39. The molecule has 1 atom stereocenters. The molecule has 2 saturated heterocycles. The maximum atomic E-state index is 12.1. The average molecular weight is 375 g/mol. The van der Waals surface area contributed by atoms with Gasteiger partial charge in [-0.1, -0.05) is 25.1 Å². The lowest BCUT2D eigenvalue weighted by atomic mass is 10.0. The fourth-order valence-electron chi connectivity index (χ4n) is 4.01. The molecular weight excluding hydrogens is 340 g/mol. The van der Waals surface area contributed by atoms with Crippen LogP contribution in [0.2, 0.25) is 0 Å². The number of rotatable bonds is 7. The zero-order valence-corrected chi connectivity index (χ0v) is 16.6. The highest BCUT2D eigenvalue weighted by Gasteiger charge is 2.16. The van der Waals surface area contributed by atoms with Gasteiger partial charge in [0.05, 0.1) is 13.2 Å². The number of likely N-dealkylation sites (tertiary alicyclic amines) is 1. The Morgan fingerprint density at radius 1 is 1.19 bits per heavy atom. The van der Waals surface area contributed by atoms with E-state index in [9.17, 15) is 4.79 Å². The molecule has 0 radical (unpaired) electrons. The van der Waals surface area contributed by atoms with Gasteiger partial charge in [-0.3, -0.25) is 0 Å². The predicted molar refractivity (Wildman–Crippen MR) is 109 cm³/mol. The Morgan fingerprint density at radius 3 is 2.81 bits per heavy atom. The molecule has 0 spiro atoms. The summed E-state index contributed by atoms with van der Waals surface area (Å²) < 4.78 is 5.44. The van der Waals surface area contributed by atoms with Gasteiger partial charge < -0.3 is 25.2 Å². The number of carbonyl (C=O) groups excluding carboxylic acids is 1. The van der Waals surface area contributed by atoms with E-state index in [0.717, 1.165) is 57.3 Å². The highest BCUT2D eigenvalue weighted by molar-refractivity contribution is 5.74. The number of amides is 2. The number of piperidine rings is 1. The molecule has 3 rings (SSSR count). The molecule has 0 aliphatic carbocycles. The van der Waals surface area contributed by atoms with Crippen LogP contribution < -0.4 is 15.5 Å². The summed E-state index contributed by atoms with van der Waals surface area (Å²) in [6.07, 6.45) is 3.66. The Morgan fingerprint density at radius 2 is 2.00 bits per heavy atom. The number of anilines is 1. The maximum Gasteiger partial charge on any atom is 0.315 e. The lowest BCUT2D eigenvalue weighted by molar-refractivity contribution is 0.122. The van der Waals surface area contributed by atoms with Crippen molar-refractivity contribution in [3.8, 4) is 0 Å². The lowest BCUT2D eigenvalue weighted by Gasteiger charge is -2.31. The van der Waals surface area contributed by atoms with E-state index in [1.165, 1.54) is 31.6 Å². The summed E-state index contributed by atoms with van der Waals surface area (Å²) in [6.45, 7) is 10.4. The number of nitrogens with zero attached hydrogens (tertiary/aromatic N) is 2. The van der Waals surface area contributed by atoms with Gasteiger partial charge in [0.15, 0.2) is 0 Å². The van der Waals surface area contributed by atoms with Crippen molar-refractivity contribution in [2.45, 2.75) is 32.7 Å². The fraction of sp³-hybridized carbons (Fsp3) is 0.667. The molecule has 6 heteroatoms. The maximum absolute atomic E-state index is 12.1. The molecule has 1 aromatic rings. The molecule has 6 nitrogen and oxygen atoms in total. The Kier molecular flexibility index (Phi) is 7.78. The average Bonchev–Trinajstić information content (AvgIpc) is 2.71. The SMILES string of the molecule is CC1CCCN(CCCNC(=O)NCc2ccccc2N2CCOCC2)C1. The second kappa shape index (κ2) is 10.5. The normalized spacial score (nSPS) is 21.1. The molecule has 2 aliphatic heterocycles. The minimum atomic E-state index is -0.0845.